The molecule has 1 aromatic carbocycles. The van der Waals surface area contributed by atoms with E-state index in [-0.39, 0.29) is 10.5 Å². The summed E-state index contributed by atoms with van der Waals surface area (Å²) in [5.41, 5.74) is 11.3. The Kier molecular flexibility index (Phi) is 4.23. The second kappa shape index (κ2) is 5.27. The molecule has 4 heteroatoms. The quantitative estimate of drug-likeness (QED) is 0.481. The smallest absolute Gasteiger partial charge is 0.184 e. The molecule has 0 saturated carbocycles. The van der Waals surface area contributed by atoms with E-state index in [0.29, 0.717) is 0 Å². The molecule has 0 aromatic heterocycles. The van der Waals surface area contributed by atoms with E-state index in [2.05, 4.69) is 55.6 Å². The van der Waals surface area contributed by atoms with E-state index in [1.807, 2.05) is 6.92 Å². The van der Waals surface area contributed by atoms with Crippen LogP contribution >= 0.6 is 12.2 Å². The molecule has 0 atom stereocenters. The van der Waals surface area contributed by atoms with Crippen molar-refractivity contribution >= 4 is 23.0 Å². The zero-order valence-electron chi connectivity index (χ0n) is 10.7. The van der Waals surface area contributed by atoms with Crippen LogP contribution in [-0.2, 0) is 5.41 Å². The van der Waals surface area contributed by atoms with Crippen LogP contribution in [0.3, 0.4) is 0 Å². The van der Waals surface area contributed by atoms with Crippen molar-refractivity contribution in [3.05, 3.63) is 35.4 Å². The van der Waals surface area contributed by atoms with Gasteiger partial charge in [0.15, 0.2) is 5.11 Å². The van der Waals surface area contributed by atoms with Crippen LogP contribution in [0.4, 0.5) is 0 Å². The fourth-order valence-electron chi connectivity index (χ4n) is 1.41. The summed E-state index contributed by atoms with van der Waals surface area (Å²) in [6, 6.07) is 8.35. The molecule has 1 aromatic rings. The molecule has 0 saturated heterocycles. The third kappa shape index (κ3) is 4.15. The van der Waals surface area contributed by atoms with Gasteiger partial charge in [-0.3, -0.25) is 5.43 Å². The van der Waals surface area contributed by atoms with Gasteiger partial charge in [0.1, 0.15) is 0 Å². The van der Waals surface area contributed by atoms with Gasteiger partial charge >= 0.3 is 0 Å². The molecule has 0 spiro atoms. The van der Waals surface area contributed by atoms with Gasteiger partial charge in [0.05, 0.1) is 5.71 Å². The molecular formula is C13H19N3S. The molecule has 0 aliphatic heterocycles. The summed E-state index contributed by atoms with van der Waals surface area (Å²) in [5.74, 6) is 0. The maximum Gasteiger partial charge on any atom is 0.184 e. The van der Waals surface area contributed by atoms with Crippen LogP contribution in [0.2, 0.25) is 0 Å². The van der Waals surface area contributed by atoms with Crippen molar-refractivity contribution in [3.63, 3.8) is 0 Å². The Labute approximate surface area is 108 Å². The number of hydrogen-bond donors (Lipinski definition) is 2. The Bertz CT molecular complexity index is 427. The molecule has 0 unspecified atom stereocenters. The number of hydrogen-bond acceptors (Lipinski definition) is 2. The van der Waals surface area contributed by atoms with Gasteiger partial charge in [0, 0.05) is 0 Å². The number of nitrogens with two attached hydrogens (primary N) is 1. The first-order valence-corrected chi connectivity index (χ1v) is 5.92. The van der Waals surface area contributed by atoms with E-state index in [4.69, 9.17) is 18.0 Å². The summed E-state index contributed by atoms with van der Waals surface area (Å²) in [7, 11) is 0. The van der Waals surface area contributed by atoms with Crippen molar-refractivity contribution in [2.45, 2.75) is 33.1 Å². The second-order valence-electron chi connectivity index (χ2n) is 5.00. The fourth-order valence-corrected chi connectivity index (χ4v) is 1.46. The maximum atomic E-state index is 5.31. The predicted molar refractivity (Wildman–Crippen MR) is 77.3 cm³/mol. The van der Waals surface area contributed by atoms with Crippen molar-refractivity contribution in [1.29, 1.82) is 0 Å². The molecule has 3 nitrogen and oxygen atoms in total. The van der Waals surface area contributed by atoms with E-state index >= 15 is 0 Å². The molecule has 17 heavy (non-hydrogen) atoms. The van der Waals surface area contributed by atoms with Crippen molar-refractivity contribution in [2.75, 3.05) is 0 Å². The minimum absolute atomic E-state index is 0.167. The van der Waals surface area contributed by atoms with Crippen molar-refractivity contribution in [3.8, 4) is 0 Å². The summed E-state index contributed by atoms with van der Waals surface area (Å²) in [6.45, 7) is 8.49. The molecular weight excluding hydrogens is 230 g/mol. The predicted octanol–water partition coefficient (Wildman–Crippen LogP) is 2.54. The van der Waals surface area contributed by atoms with Crippen molar-refractivity contribution in [2.24, 2.45) is 10.8 Å². The SMILES string of the molecule is C/C(=N\NC(N)=S)c1ccc(C(C)(C)C)cc1. The number of benzene rings is 1. The molecule has 0 heterocycles. The Morgan fingerprint density at radius 3 is 2.18 bits per heavy atom. The standard InChI is InChI=1S/C13H19N3S/c1-9(15-16-12(14)17)10-5-7-11(8-6-10)13(2,3)4/h5-8H,1-4H3,(H3,14,16,17)/b15-9+. The third-order valence-corrected chi connectivity index (χ3v) is 2.59. The molecule has 3 N–H and O–H groups in total. The highest BCUT2D eigenvalue weighted by Crippen LogP contribution is 2.22. The van der Waals surface area contributed by atoms with Gasteiger partial charge in [0.25, 0.3) is 0 Å². The summed E-state index contributed by atoms with van der Waals surface area (Å²) in [5, 5.41) is 4.26. The Morgan fingerprint density at radius 1 is 1.24 bits per heavy atom. The van der Waals surface area contributed by atoms with Gasteiger partial charge in [0.2, 0.25) is 0 Å². The molecule has 0 amide bonds. The van der Waals surface area contributed by atoms with E-state index in [1.165, 1.54) is 5.56 Å². The fraction of sp³-hybridized carbons (Fsp3) is 0.385. The monoisotopic (exact) mass is 249 g/mol. The second-order valence-corrected chi connectivity index (χ2v) is 5.44. The summed E-state index contributed by atoms with van der Waals surface area (Å²) >= 11 is 4.69. The van der Waals surface area contributed by atoms with Gasteiger partial charge in [-0.25, -0.2) is 0 Å². The number of nitrogens with one attached hydrogen (secondary N) is 1. The zero-order chi connectivity index (χ0) is 13.1. The average molecular weight is 249 g/mol. The molecule has 0 radical (unpaired) electrons. The van der Waals surface area contributed by atoms with Crippen LogP contribution in [-0.4, -0.2) is 10.8 Å². The van der Waals surface area contributed by atoms with Crippen LogP contribution in [0, 0.1) is 0 Å². The topological polar surface area (TPSA) is 50.4 Å². The average Bonchev–Trinajstić information content (AvgIpc) is 2.25. The normalized spacial score (nSPS) is 12.4. The van der Waals surface area contributed by atoms with Crippen molar-refractivity contribution < 1.29 is 0 Å². The highest BCUT2D eigenvalue weighted by Gasteiger charge is 2.12. The number of thiocarbonyl (C=S) groups is 1. The maximum absolute atomic E-state index is 5.31. The van der Waals surface area contributed by atoms with Crippen LogP contribution < -0.4 is 11.2 Å². The van der Waals surface area contributed by atoms with Crippen LogP contribution in [0.25, 0.3) is 0 Å². The Hall–Kier alpha value is -1.42. The first-order chi connectivity index (χ1) is 7.80. The largest absolute Gasteiger partial charge is 0.375 e. The molecule has 0 bridgehead atoms. The van der Waals surface area contributed by atoms with Gasteiger partial charge in [-0.15, -0.1) is 0 Å². The first-order valence-electron chi connectivity index (χ1n) is 5.51. The molecule has 0 fully saturated rings. The lowest BCUT2D eigenvalue weighted by Crippen LogP contribution is -2.25. The molecule has 0 aliphatic rings. The lowest BCUT2D eigenvalue weighted by molar-refractivity contribution is 0.590. The van der Waals surface area contributed by atoms with Gasteiger partial charge in [-0.2, -0.15) is 5.10 Å². The minimum Gasteiger partial charge on any atom is -0.375 e. The summed E-state index contributed by atoms with van der Waals surface area (Å²) in [4.78, 5) is 0. The lowest BCUT2D eigenvalue weighted by Gasteiger charge is -2.19. The van der Waals surface area contributed by atoms with E-state index < -0.39 is 0 Å². The Balaban J connectivity index is 2.88. The highest BCUT2D eigenvalue weighted by molar-refractivity contribution is 7.80. The minimum atomic E-state index is 0.167. The number of nitrogens with zero attached hydrogens (tertiary/aromatic N) is 1. The third-order valence-electron chi connectivity index (χ3n) is 2.50. The van der Waals surface area contributed by atoms with Crippen LogP contribution in [0.5, 0.6) is 0 Å². The van der Waals surface area contributed by atoms with Crippen molar-refractivity contribution in [1.82, 2.24) is 5.43 Å². The van der Waals surface area contributed by atoms with E-state index in [0.717, 1.165) is 11.3 Å². The zero-order valence-corrected chi connectivity index (χ0v) is 11.6. The lowest BCUT2D eigenvalue weighted by atomic mass is 9.86. The van der Waals surface area contributed by atoms with E-state index in [1.54, 1.807) is 0 Å². The van der Waals surface area contributed by atoms with Gasteiger partial charge in [-0.05, 0) is 35.7 Å². The summed E-state index contributed by atoms with van der Waals surface area (Å²) < 4.78 is 0. The van der Waals surface area contributed by atoms with Crippen LogP contribution in [0.1, 0.15) is 38.8 Å². The van der Waals surface area contributed by atoms with Gasteiger partial charge in [-0.1, -0.05) is 45.0 Å². The first kappa shape index (κ1) is 13.6. The summed E-state index contributed by atoms with van der Waals surface area (Å²) in [6.07, 6.45) is 0. The van der Waals surface area contributed by atoms with E-state index in [9.17, 15) is 0 Å². The molecule has 1 rings (SSSR count). The van der Waals surface area contributed by atoms with Crippen LogP contribution in [0.15, 0.2) is 29.4 Å². The highest BCUT2D eigenvalue weighted by atomic mass is 32.1. The molecule has 0 aliphatic carbocycles. The van der Waals surface area contributed by atoms with Gasteiger partial charge < -0.3 is 5.73 Å². The Morgan fingerprint density at radius 2 is 1.76 bits per heavy atom. The number of hydrazone groups is 1. The molecule has 92 valence electrons. The number of rotatable bonds is 2.